The average molecular weight is 1950 g/mol. The molecule has 0 atom stereocenters. The van der Waals surface area contributed by atoms with Crippen LogP contribution < -0.4 is 66.3 Å². The van der Waals surface area contributed by atoms with Gasteiger partial charge in [-0.25, -0.2) is 49.1 Å². The highest BCUT2D eigenvalue weighted by atomic mass is 16.2. The van der Waals surface area contributed by atoms with Gasteiger partial charge in [-0.2, -0.15) is 19.9 Å². The molecule has 5 N–H and O–H groups in total. The summed E-state index contributed by atoms with van der Waals surface area (Å²) in [5, 5.41) is 0.366. The van der Waals surface area contributed by atoms with Crippen molar-refractivity contribution in [2.45, 2.75) is 232 Å². The molecule has 9 aliphatic rings. The molecular weight excluding hydrogens is 1830 g/mol. The van der Waals surface area contributed by atoms with E-state index in [-0.39, 0.29) is 28.3 Å². The van der Waals surface area contributed by atoms with Crippen LogP contribution in [0.4, 0.5) is 17.2 Å². The average Bonchev–Trinajstić information content (AvgIpc) is 0.740. The predicted octanol–water partition coefficient (Wildman–Crippen LogP) is 17.5. The number of nitrogens with zero attached hydrogens (tertiary/aromatic N) is 15. The molecule has 20 rings (SSSR count). The van der Waals surface area contributed by atoms with Gasteiger partial charge >= 0.3 is 22.8 Å². The van der Waals surface area contributed by atoms with E-state index in [2.05, 4.69) is 340 Å². The van der Waals surface area contributed by atoms with Gasteiger partial charge in [0.05, 0.1) is 55.5 Å². The van der Waals surface area contributed by atoms with E-state index >= 15 is 0 Å². The van der Waals surface area contributed by atoms with E-state index in [1.807, 2.05) is 48.6 Å². The predicted molar refractivity (Wildman–Crippen MR) is 581 cm³/mol. The fourth-order valence-corrected chi connectivity index (χ4v) is 19.4. The Bertz CT molecular complexity index is 8610. The third-order valence-corrected chi connectivity index (χ3v) is 26.8. The van der Waals surface area contributed by atoms with Gasteiger partial charge in [0.15, 0.2) is 57.2 Å². The lowest BCUT2D eigenvalue weighted by Crippen LogP contribution is -2.42. The highest BCUT2D eigenvalue weighted by Gasteiger charge is 2.28. The number of aromatic nitrogens is 18. The third kappa shape index (κ3) is 24.1. The molecule has 0 saturated heterocycles. The van der Waals surface area contributed by atoms with Crippen molar-refractivity contribution in [3.05, 3.63) is 399 Å². The lowest BCUT2D eigenvalue weighted by atomic mass is 10.0. The van der Waals surface area contributed by atoms with Crippen LogP contribution in [0.2, 0.25) is 0 Å². The minimum atomic E-state index is -0.641. The Hall–Kier alpha value is -16.3. The van der Waals surface area contributed by atoms with Crippen LogP contribution in [0.3, 0.4) is 0 Å². The maximum atomic E-state index is 12.5. The lowest BCUT2D eigenvalue weighted by molar-refractivity contribution is 0.648. The first kappa shape index (κ1) is 103. The number of H-pyrrole nitrogens is 5. The Labute approximate surface area is 844 Å². The quantitative estimate of drug-likeness (QED) is 0.0284. The van der Waals surface area contributed by atoms with E-state index in [9.17, 15) is 43.2 Å². The minimum Gasteiger partial charge on any atom is -0.322 e. The van der Waals surface area contributed by atoms with Crippen molar-refractivity contribution in [2.75, 3.05) is 11.4 Å². The molecule has 29 heteroatoms. The monoisotopic (exact) mass is 1950 g/mol. The molecular formula is C117H124N20O9. The zero-order valence-corrected chi connectivity index (χ0v) is 85.3. The Kier molecular flexibility index (Phi) is 32.6. The van der Waals surface area contributed by atoms with E-state index in [0.717, 1.165) is 183 Å². The van der Waals surface area contributed by atoms with Gasteiger partial charge in [0.2, 0.25) is 0 Å². The first-order valence-corrected chi connectivity index (χ1v) is 50.6. The lowest BCUT2D eigenvalue weighted by Gasteiger charge is -2.29. The summed E-state index contributed by atoms with van der Waals surface area (Å²) in [5.74, 6) is 1.99. The molecule has 746 valence electrons. The molecule has 1 aromatic heterocycles. The summed E-state index contributed by atoms with van der Waals surface area (Å²) in [4.78, 5) is 167. The second-order valence-electron chi connectivity index (χ2n) is 38.0. The highest BCUT2D eigenvalue weighted by Crippen LogP contribution is 2.38. The van der Waals surface area contributed by atoms with E-state index in [4.69, 9.17) is 0 Å². The van der Waals surface area contributed by atoms with Crippen LogP contribution in [0, 0.1) is 55.4 Å². The molecule has 10 aromatic carbocycles. The molecule has 0 radical (unpaired) electrons. The topological polar surface area (TPSA) is 384 Å². The fourth-order valence-electron chi connectivity index (χ4n) is 19.4. The number of rotatable bonds is 28. The number of nitrogens with one attached hydrogen (secondary N) is 5. The zero-order chi connectivity index (χ0) is 103. The molecule has 0 fully saturated rings. The van der Waals surface area contributed by atoms with E-state index in [0.29, 0.717) is 66.1 Å². The highest BCUT2D eigenvalue weighted by molar-refractivity contribution is 5.85. The Morgan fingerprint density at radius 2 is 0.637 bits per heavy atom. The minimum absolute atomic E-state index is 0.207. The number of benzene rings is 10. The summed E-state index contributed by atoms with van der Waals surface area (Å²) < 4.78 is 7.89. The van der Waals surface area contributed by atoms with Crippen LogP contribution in [0.25, 0.3) is 96.8 Å². The smallest absolute Gasteiger partial charge is 0.322 e. The van der Waals surface area contributed by atoms with Crippen LogP contribution in [0.5, 0.6) is 0 Å². The van der Waals surface area contributed by atoms with Crippen molar-refractivity contribution in [1.82, 2.24) is 88.0 Å². The Balaban J connectivity index is 0.000000131. The van der Waals surface area contributed by atoms with Gasteiger partial charge in [0, 0.05) is 32.7 Å². The molecule has 0 amide bonds. The van der Waals surface area contributed by atoms with Gasteiger partial charge < -0.3 is 28.2 Å². The van der Waals surface area contributed by atoms with Crippen LogP contribution in [-0.4, -0.2) is 94.6 Å². The number of hydrogen-bond acceptors (Lipinski definition) is 20. The van der Waals surface area contributed by atoms with Gasteiger partial charge in [-0.05, 0) is 290 Å². The van der Waals surface area contributed by atoms with Crippen LogP contribution in [0.1, 0.15) is 186 Å². The van der Waals surface area contributed by atoms with Gasteiger partial charge in [0.1, 0.15) is 5.48 Å². The van der Waals surface area contributed by atoms with E-state index < -0.39 is 45.0 Å². The number of hydrogen-bond donors (Lipinski definition) is 5. The first-order chi connectivity index (χ1) is 70.5. The van der Waals surface area contributed by atoms with Crippen molar-refractivity contribution >= 4 is 67.9 Å². The molecule has 0 aliphatic carbocycles. The summed E-state index contributed by atoms with van der Waals surface area (Å²) in [6.07, 6.45) is 16.8. The van der Waals surface area contributed by atoms with Crippen molar-refractivity contribution in [3.63, 3.8) is 0 Å². The van der Waals surface area contributed by atoms with Gasteiger partial charge in [-0.15, -0.1) is 0 Å². The molecule has 0 bridgehead atoms. The summed E-state index contributed by atoms with van der Waals surface area (Å²) >= 11 is 0. The summed E-state index contributed by atoms with van der Waals surface area (Å²) in [6, 6.07) is 67.2. The van der Waals surface area contributed by atoms with Crippen molar-refractivity contribution in [1.29, 1.82) is 0 Å². The SMILES string of the molecule is C=c1nc2c(c(=O)[nH]1)=Nc1cc(CC)c(C)cc1N2CCCc1ccccc1.CCCc1cc2c(cc1C)nc1c(=O)[nH]c(=O)nc-1n2CCCc1cccc(C)c1.CCCc1cc2nc3c(=O)[nH]c(=O)nc-3n(CCCc3ccc(C)cc3)c2cc1C.CCCc1ccc2c(c1)nc1c(=O)[nH]c(=O)nc-1n2CCCc1ccc(C)cc1.CCc1cc2nc3c(=O)[nH]c(=O)nc-3n(CCCc3cccc(C)c3)c2cc1C. The molecule has 10 heterocycles. The maximum Gasteiger partial charge on any atom is 0.349 e. The molecule has 29 nitrogen and oxygen atoms in total. The summed E-state index contributed by atoms with van der Waals surface area (Å²) in [6.45, 7) is 34.5. The number of anilines is 2. The normalized spacial score (nSPS) is 11.6. The maximum absolute atomic E-state index is 12.5. The first-order valence-electron chi connectivity index (χ1n) is 50.6. The second kappa shape index (κ2) is 46.4. The molecule has 146 heavy (non-hydrogen) atoms. The zero-order valence-electron chi connectivity index (χ0n) is 85.3. The number of fused-ring (bicyclic) bond motifs is 10. The van der Waals surface area contributed by atoms with E-state index in [1.54, 1.807) is 0 Å². The molecule has 0 saturated carbocycles. The van der Waals surface area contributed by atoms with Crippen LogP contribution in [-0.2, 0) is 90.4 Å². The van der Waals surface area contributed by atoms with Crippen molar-refractivity contribution in [3.8, 4) is 46.1 Å². The summed E-state index contributed by atoms with van der Waals surface area (Å²) in [7, 11) is 0. The fraction of sp³-hybridized carbons (Fsp3) is 0.308. The van der Waals surface area contributed by atoms with E-state index in [1.165, 1.54) is 94.6 Å². The number of aromatic amines is 5. The van der Waals surface area contributed by atoms with Gasteiger partial charge in [-0.3, -0.25) is 43.9 Å². The van der Waals surface area contributed by atoms with Gasteiger partial charge in [0.25, 0.3) is 27.8 Å². The molecule has 0 spiro atoms. The van der Waals surface area contributed by atoms with Crippen molar-refractivity contribution < 1.29 is 0 Å². The van der Waals surface area contributed by atoms with Crippen LogP contribution in [0.15, 0.2) is 242 Å². The van der Waals surface area contributed by atoms with Gasteiger partial charge in [-0.1, -0.05) is 216 Å². The standard InChI is InChI=1S/2C24H26N4O2.2C23H24N4O2.C23H24N4O/c1-4-7-18-14-20-19(13-16(18)3)25-21-22(26-24(30)27-23(21)29)28(20)11-6-10-17-9-5-8-15(2)12-17;1-4-6-18-14-19-20(13-16(18)3)28(12-5-7-17-10-8-15(2)9-11-17)22-21(25-19)23(29)27-24(30)26-22;1-4-17-13-18-19(12-15(17)3)27(10-6-9-16-8-5-7-14(2)11-16)21-20(24-18)22(28)26-23(29)25-21;1-3-5-17-11-12-19-18(14-17)24-20-21(25-23(29)26-22(20)28)27(19)13-4-6-16-9-7-15(2)8-10-16;1-4-18-14-19-20(13-15(18)2)27(12-8-11-17-9-6-5-7-10-17)22-21(26-19)23(28)25-16(3)24-22/h5,8-9,12-14H,4,6-7,10-11H2,1-3H3,(H,27,29,30);8-11,13-14H,4-7,12H2,1-3H3,(H,27,29,30);5,7-8,11-13H,4,6,9-10H2,1-3H3,(H,26,28,29);7-12,14H,3-6,13H2,1-2H3,(H,26,28,29);5-7,9-10,13-14H,3-4,8,11-12H2,1-2H3,(H,25,28). The Morgan fingerprint density at radius 1 is 0.281 bits per heavy atom. The number of aryl methyl sites for hydroxylation is 22. The largest absolute Gasteiger partial charge is 0.349 e. The van der Waals surface area contributed by atoms with Crippen molar-refractivity contribution in [2.24, 2.45) is 4.99 Å². The molecule has 11 aromatic rings. The molecule has 0 unspecified atom stereocenters. The molecule has 9 aliphatic heterocycles. The Morgan fingerprint density at radius 3 is 1.08 bits per heavy atom. The third-order valence-electron chi connectivity index (χ3n) is 26.8. The van der Waals surface area contributed by atoms with Crippen LogP contribution >= 0.6 is 0 Å². The second-order valence-corrected chi connectivity index (χ2v) is 38.0. The summed E-state index contributed by atoms with van der Waals surface area (Å²) in [5.41, 5.74) is 27.1.